The summed E-state index contributed by atoms with van der Waals surface area (Å²) >= 11 is 0. The van der Waals surface area contributed by atoms with Gasteiger partial charge in [-0.15, -0.1) is 5.54 Å². The number of hydrogen-bond donors (Lipinski definition) is 2. The standard InChI is InChI=1S/C17H23FN4O2Si/c1-10-13(8-23)24-16(14(10)18)12-7-11(5-6-25(2,3)4)15-17(19)20-9-21-22(12)15/h7,9-10,13-14,16,23H,8H2,1-4H3,(H2,19,20,21)/t10-,13-,14-,16+/m1/s1. The molecule has 0 spiro atoms. The number of rotatable bonds is 2. The van der Waals surface area contributed by atoms with Gasteiger partial charge in [0.05, 0.1) is 24.0 Å². The minimum Gasteiger partial charge on any atom is -0.394 e. The number of nitrogens with two attached hydrogens (primary N) is 1. The van der Waals surface area contributed by atoms with E-state index in [2.05, 4.69) is 41.2 Å². The molecule has 1 aliphatic rings. The number of alkyl halides is 1. The Labute approximate surface area is 147 Å². The Kier molecular flexibility index (Phi) is 4.58. The predicted octanol–water partition coefficient (Wildman–Crippen LogP) is 1.95. The molecule has 0 bridgehead atoms. The van der Waals surface area contributed by atoms with Crippen molar-refractivity contribution in [3.05, 3.63) is 23.7 Å². The summed E-state index contributed by atoms with van der Waals surface area (Å²) in [5.74, 6) is 3.05. The second-order valence-electron chi connectivity index (χ2n) is 7.47. The van der Waals surface area contributed by atoms with Crippen LogP contribution in [-0.4, -0.2) is 46.7 Å². The molecule has 4 atom stereocenters. The van der Waals surface area contributed by atoms with E-state index in [1.54, 1.807) is 17.5 Å². The lowest BCUT2D eigenvalue weighted by Gasteiger charge is -2.13. The molecular weight excluding hydrogens is 339 g/mol. The van der Waals surface area contributed by atoms with Gasteiger partial charge in [0.1, 0.15) is 32.2 Å². The molecule has 1 aliphatic heterocycles. The second kappa shape index (κ2) is 6.41. The van der Waals surface area contributed by atoms with Crippen LogP contribution in [0.5, 0.6) is 0 Å². The Balaban J connectivity index is 2.14. The van der Waals surface area contributed by atoms with Crippen molar-refractivity contribution in [1.82, 2.24) is 14.6 Å². The van der Waals surface area contributed by atoms with Gasteiger partial charge in [-0.2, -0.15) is 5.10 Å². The lowest BCUT2D eigenvalue weighted by atomic mass is 9.99. The Hall–Kier alpha value is -1.95. The fourth-order valence-corrected chi connectivity index (χ4v) is 3.46. The zero-order valence-corrected chi connectivity index (χ0v) is 15.8. The molecule has 1 saturated heterocycles. The molecule has 0 saturated carbocycles. The van der Waals surface area contributed by atoms with Crippen molar-refractivity contribution in [3.63, 3.8) is 0 Å². The number of nitrogens with zero attached hydrogens (tertiary/aromatic N) is 3. The summed E-state index contributed by atoms with van der Waals surface area (Å²) in [5.41, 5.74) is 11.1. The maximum Gasteiger partial charge on any atom is 0.152 e. The van der Waals surface area contributed by atoms with Crippen LogP contribution in [0.25, 0.3) is 5.52 Å². The summed E-state index contributed by atoms with van der Waals surface area (Å²) in [6, 6.07) is 1.78. The van der Waals surface area contributed by atoms with Crippen LogP contribution in [-0.2, 0) is 4.74 Å². The molecule has 3 N–H and O–H groups in total. The van der Waals surface area contributed by atoms with E-state index < -0.39 is 32.4 Å². The molecule has 6 nitrogen and oxygen atoms in total. The molecule has 0 aliphatic carbocycles. The Morgan fingerprint density at radius 1 is 1.44 bits per heavy atom. The highest BCUT2D eigenvalue weighted by Gasteiger charge is 2.44. The molecule has 3 rings (SSSR count). The SMILES string of the molecule is C[C@H]1[C@@H](F)[C@H](c2cc(C#C[Si](C)(C)C)c3c(N)ncnn23)O[C@@H]1CO. The molecule has 0 aromatic carbocycles. The summed E-state index contributed by atoms with van der Waals surface area (Å²) in [5, 5.41) is 13.6. The van der Waals surface area contributed by atoms with Crippen molar-refractivity contribution in [2.75, 3.05) is 12.3 Å². The predicted molar refractivity (Wildman–Crippen MR) is 96.4 cm³/mol. The van der Waals surface area contributed by atoms with Crippen molar-refractivity contribution >= 4 is 19.4 Å². The number of anilines is 1. The van der Waals surface area contributed by atoms with E-state index in [1.165, 1.54) is 6.33 Å². The van der Waals surface area contributed by atoms with E-state index in [0.29, 0.717) is 22.6 Å². The van der Waals surface area contributed by atoms with Gasteiger partial charge in [0.2, 0.25) is 0 Å². The van der Waals surface area contributed by atoms with Gasteiger partial charge < -0.3 is 15.6 Å². The summed E-state index contributed by atoms with van der Waals surface area (Å²) < 4.78 is 22.1. The molecule has 2 aromatic heterocycles. The Morgan fingerprint density at radius 3 is 2.76 bits per heavy atom. The van der Waals surface area contributed by atoms with Crippen molar-refractivity contribution in [2.24, 2.45) is 5.92 Å². The van der Waals surface area contributed by atoms with Crippen LogP contribution in [0, 0.1) is 17.4 Å². The maximum atomic E-state index is 14.8. The molecule has 0 radical (unpaired) electrons. The van der Waals surface area contributed by atoms with Gasteiger partial charge in [-0.1, -0.05) is 32.5 Å². The Morgan fingerprint density at radius 2 is 2.16 bits per heavy atom. The van der Waals surface area contributed by atoms with Crippen LogP contribution in [0.4, 0.5) is 10.2 Å². The number of aliphatic hydroxyl groups is 1. The van der Waals surface area contributed by atoms with Gasteiger partial charge in [0.25, 0.3) is 0 Å². The first-order valence-corrected chi connectivity index (χ1v) is 11.8. The summed E-state index contributed by atoms with van der Waals surface area (Å²) in [6.45, 7) is 7.94. The lowest BCUT2D eigenvalue weighted by Crippen LogP contribution is -2.21. The molecule has 0 amide bonds. The van der Waals surface area contributed by atoms with Gasteiger partial charge in [0, 0.05) is 5.92 Å². The minimum atomic E-state index is -1.60. The quantitative estimate of drug-likeness (QED) is 0.630. The number of hydrogen-bond acceptors (Lipinski definition) is 5. The molecule has 134 valence electrons. The molecule has 0 unspecified atom stereocenters. The highest BCUT2D eigenvalue weighted by atomic mass is 28.3. The fourth-order valence-electron chi connectivity index (χ4n) is 2.96. The zero-order valence-electron chi connectivity index (χ0n) is 14.8. The largest absolute Gasteiger partial charge is 0.394 e. The Bertz CT molecular complexity index is 852. The maximum absolute atomic E-state index is 14.8. The van der Waals surface area contributed by atoms with E-state index in [9.17, 15) is 9.50 Å². The lowest BCUT2D eigenvalue weighted by molar-refractivity contribution is -0.00712. The summed E-state index contributed by atoms with van der Waals surface area (Å²) in [7, 11) is -1.60. The van der Waals surface area contributed by atoms with Crippen LogP contribution in [0.3, 0.4) is 0 Å². The monoisotopic (exact) mass is 362 g/mol. The van der Waals surface area contributed by atoms with E-state index in [0.717, 1.165) is 0 Å². The fraction of sp³-hybridized carbons (Fsp3) is 0.529. The normalized spacial score (nSPS) is 26.6. The first-order valence-electron chi connectivity index (χ1n) is 8.28. The third-order valence-corrected chi connectivity index (χ3v) is 5.23. The third kappa shape index (κ3) is 3.27. The van der Waals surface area contributed by atoms with Gasteiger partial charge in [0.15, 0.2) is 5.82 Å². The van der Waals surface area contributed by atoms with Crippen LogP contribution < -0.4 is 5.73 Å². The van der Waals surface area contributed by atoms with Crippen molar-refractivity contribution in [3.8, 4) is 11.5 Å². The van der Waals surface area contributed by atoms with E-state index in [1.807, 2.05) is 0 Å². The van der Waals surface area contributed by atoms with Gasteiger partial charge in [-0.05, 0) is 6.07 Å². The number of aliphatic hydroxyl groups excluding tert-OH is 1. The van der Waals surface area contributed by atoms with Crippen LogP contribution in [0.2, 0.25) is 19.6 Å². The smallest absolute Gasteiger partial charge is 0.152 e. The van der Waals surface area contributed by atoms with Crippen LogP contribution in [0.1, 0.15) is 24.3 Å². The number of halogens is 1. The molecular formula is C17H23FN4O2Si. The molecule has 3 heterocycles. The average molecular weight is 362 g/mol. The van der Waals surface area contributed by atoms with E-state index in [4.69, 9.17) is 10.5 Å². The van der Waals surface area contributed by atoms with Crippen LogP contribution >= 0.6 is 0 Å². The van der Waals surface area contributed by atoms with Crippen molar-refractivity contribution in [2.45, 2.75) is 44.9 Å². The first-order chi connectivity index (χ1) is 11.7. The van der Waals surface area contributed by atoms with E-state index in [-0.39, 0.29) is 6.61 Å². The van der Waals surface area contributed by atoms with E-state index >= 15 is 0 Å². The van der Waals surface area contributed by atoms with Crippen molar-refractivity contribution < 1.29 is 14.2 Å². The van der Waals surface area contributed by atoms with Gasteiger partial charge in [-0.3, -0.25) is 0 Å². The van der Waals surface area contributed by atoms with Gasteiger partial charge in [-0.25, -0.2) is 13.9 Å². The van der Waals surface area contributed by atoms with Crippen LogP contribution in [0.15, 0.2) is 12.4 Å². The number of nitrogen functional groups attached to an aromatic ring is 1. The molecule has 25 heavy (non-hydrogen) atoms. The highest BCUT2D eigenvalue weighted by molar-refractivity contribution is 6.83. The first kappa shape index (κ1) is 17.9. The highest BCUT2D eigenvalue weighted by Crippen LogP contribution is 2.40. The average Bonchev–Trinajstić information content (AvgIpc) is 3.05. The molecule has 8 heteroatoms. The van der Waals surface area contributed by atoms with Gasteiger partial charge >= 0.3 is 0 Å². The second-order valence-corrected chi connectivity index (χ2v) is 12.2. The zero-order chi connectivity index (χ0) is 18.4. The molecule has 1 fully saturated rings. The number of fused-ring (bicyclic) bond motifs is 1. The number of ether oxygens (including phenoxy) is 1. The van der Waals surface area contributed by atoms with Crippen molar-refractivity contribution in [1.29, 1.82) is 0 Å². The number of aromatic nitrogens is 3. The molecule has 2 aromatic rings. The minimum absolute atomic E-state index is 0.221. The third-order valence-electron chi connectivity index (χ3n) is 4.35. The summed E-state index contributed by atoms with van der Waals surface area (Å²) in [6.07, 6.45) is -1.28. The summed E-state index contributed by atoms with van der Waals surface area (Å²) in [4.78, 5) is 4.03. The topological polar surface area (TPSA) is 85.7 Å².